The summed E-state index contributed by atoms with van der Waals surface area (Å²) in [4.78, 5) is 9.46. The van der Waals surface area contributed by atoms with Gasteiger partial charge < -0.3 is 18.1 Å². The van der Waals surface area contributed by atoms with E-state index in [1.807, 2.05) is 0 Å². The van der Waals surface area contributed by atoms with Crippen LogP contribution in [0, 0.1) is 0 Å². The number of rotatable bonds is 8. The highest BCUT2D eigenvalue weighted by Gasteiger charge is 2.38. The van der Waals surface area contributed by atoms with Gasteiger partial charge in [0.05, 0.1) is 0 Å². The maximum atomic E-state index is 9.46. The predicted molar refractivity (Wildman–Crippen MR) is 52.1 cm³/mol. The summed E-state index contributed by atoms with van der Waals surface area (Å²) >= 11 is 0. The first-order valence-electron chi connectivity index (χ1n) is 4.65. The zero-order valence-corrected chi connectivity index (χ0v) is 9.71. The molecule has 0 aromatic rings. The van der Waals surface area contributed by atoms with Crippen molar-refractivity contribution in [1.82, 2.24) is 0 Å². The van der Waals surface area contributed by atoms with Gasteiger partial charge in [0.1, 0.15) is 0 Å². The first-order chi connectivity index (χ1) is 6.18. The molecule has 0 aliphatic carbocycles. The first-order valence-corrected chi connectivity index (χ1v) is 6.32. The van der Waals surface area contributed by atoms with Crippen molar-refractivity contribution in [3.05, 3.63) is 0 Å². The zero-order valence-electron chi connectivity index (χ0n) is 8.71. The maximum Gasteiger partial charge on any atom is 0.676 e. The minimum absolute atomic E-state index is 0.504. The highest BCUT2D eigenvalue weighted by atomic mass is 28.4. The molecule has 0 atom stereocenters. The molecular weight excluding hydrogens is 188 g/mol. The van der Waals surface area contributed by atoms with Gasteiger partial charge in [0.15, 0.2) is 0 Å². The van der Waals surface area contributed by atoms with Crippen molar-refractivity contribution >= 4 is 9.05 Å². The first kappa shape index (κ1) is 13.1. The Hall–Kier alpha value is 0.0569. The largest absolute Gasteiger partial charge is 0.676 e. The van der Waals surface area contributed by atoms with E-state index in [0.717, 1.165) is 12.8 Å². The molecule has 0 amide bonds. The second kappa shape index (κ2) is 7.46. The fourth-order valence-corrected chi connectivity index (χ4v) is 1.74. The smallest absolute Gasteiger partial charge is 0.367 e. The van der Waals surface area contributed by atoms with E-state index in [9.17, 15) is 4.80 Å². The topological polar surface area (TPSA) is 47.9 Å². The van der Waals surface area contributed by atoms with Crippen LogP contribution in [0.1, 0.15) is 32.6 Å². The SMILES string of the molecule is CCCCCCO[Si](O)(OC)OC. The van der Waals surface area contributed by atoms with Crippen molar-refractivity contribution in [2.24, 2.45) is 0 Å². The van der Waals surface area contributed by atoms with E-state index in [1.54, 1.807) is 0 Å². The molecule has 0 bridgehead atoms. The van der Waals surface area contributed by atoms with Gasteiger partial charge in [-0.3, -0.25) is 0 Å². The molecule has 0 spiro atoms. The molecule has 0 aliphatic heterocycles. The van der Waals surface area contributed by atoms with Crippen molar-refractivity contribution in [2.45, 2.75) is 32.6 Å². The average molecular weight is 208 g/mol. The summed E-state index contributed by atoms with van der Waals surface area (Å²) in [6.45, 7) is 2.65. The zero-order chi connectivity index (χ0) is 10.2. The van der Waals surface area contributed by atoms with Gasteiger partial charge in [-0.1, -0.05) is 26.2 Å². The second-order valence-corrected chi connectivity index (χ2v) is 4.99. The molecule has 0 aromatic heterocycles. The standard InChI is InChI=1S/C8H20O4Si/c1-4-5-6-7-8-12-13(9,10-2)11-3/h9H,4-8H2,1-3H3. The number of hydrogen-bond acceptors (Lipinski definition) is 4. The van der Waals surface area contributed by atoms with Crippen molar-refractivity contribution in [3.63, 3.8) is 0 Å². The van der Waals surface area contributed by atoms with Crippen LogP contribution in [0.15, 0.2) is 0 Å². The molecule has 0 rings (SSSR count). The Labute approximate surface area is 81.3 Å². The second-order valence-electron chi connectivity index (χ2n) is 2.84. The van der Waals surface area contributed by atoms with Crippen LogP contribution in [-0.2, 0) is 13.3 Å². The van der Waals surface area contributed by atoms with Gasteiger partial charge in [0.2, 0.25) is 0 Å². The minimum atomic E-state index is -3.26. The lowest BCUT2D eigenvalue weighted by molar-refractivity contribution is 0.0222. The molecule has 4 nitrogen and oxygen atoms in total. The van der Waals surface area contributed by atoms with Crippen LogP contribution in [0.3, 0.4) is 0 Å². The average Bonchev–Trinajstić information content (AvgIpc) is 2.17. The molecule has 0 aliphatic rings. The van der Waals surface area contributed by atoms with Crippen LogP contribution in [0.25, 0.3) is 0 Å². The van der Waals surface area contributed by atoms with Crippen LogP contribution < -0.4 is 0 Å². The molecule has 0 radical (unpaired) electrons. The summed E-state index contributed by atoms with van der Waals surface area (Å²) in [5, 5.41) is 0. The van der Waals surface area contributed by atoms with Gasteiger partial charge in [0.25, 0.3) is 0 Å². The Balaban J connectivity index is 3.39. The van der Waals surface area contributed by atoms with Crippen molar-refractivity contribution < 1.29 is 18.1 Å². The summed E-state index contributed by atoms with van der Waals surface area (Å²) in [7, 11) is -0.476. The monoisotopic (exact) mass is 208 g/mol. The fourth-order valence-electron chi connectivity index (χ4n) is 0.931. The van der Waals surface area contributed by atoms with Gasteiger partial charge >= 0.3 is 9.05 Å². The van der Waals surface area contributed by atoms with Crippen LogP contribution in [0.4, 0.5) is 0 Å². The lowest BCUT2D eigenvalue weighted by Crippen LogP contribution is -2.44. The lowest BCUT2D eigenvalue weighted by atomic mass is 10.2. The van der Waals surface area contributed by atoms with Gasteiger partial charge in [-0.2, -0.15) is 0 Å². The highest BCUT2D eigenvalue weighted by Crippen LogP contribution is 2.05. The summed E-state index contributed by atoms with van der Waals surface area (Å²) in [5.41, 5.74) is 0. The molecule has 0 unspecified atom stereocenters. The summed E-state index contributed by atoms with van der Waals surface area (Å²) in [5.74, 6) is 0. The van der Waals surface area contributed by atoms with Crippen LogP contribution in [-0.4, -0.2) is 34.7 Å². The highest BCUT2D eigenvalue weighted by molar-refractivity contribution is 6.51. The summed E-state index contributed by atoms with van der Waals surface area (Å²) in [6.07, 6.45) is 4.45. The Morgan fingerprint density at radius 2 is 1.69 bits per heavy atom. The molecule has 13 heavy (non-hydrogen) atoms. The summed E-state index contributed by atoms with van der Waals surface area (Å²) in [6, 6.07) is 0. The lowest BCUT2D eigenvalue weighted by Gasteiger charge is -2.18. The maximum absolute atomic E-state index is 9.46. The van der Waals surface area contributed by atoms with Gasteiger partial charge in [-0.25, -0.2) is 0 Å². The Kier molecular flexibility index (Phi) is 7.49. The molecule has 0 saturated heterocycles. The third kappa shape index (κ3) is 6.17. The summed E-state index contributed by atoms with van der Waals surface area (Å²) < 4.78 is 14.6. The molecule has 1 N–H and O–H groups in total. The Bertz CT molecular complexity index is 117. The van der Waals surface area contributed by atoms with Crippen LogP contribution >= 0.6 is 0 Å². The van der Waals surface area contributed by atoms with E-state index in [-0.39, 0.29) is 0 Å². The number of hydrogen-bond donors (Lipinski definition) is 1. The normalized spacial score (nSPS) is 12.0. The van der Waals surface area contributed by atoms with E-state index >= 15 is 0 Å². The molecule has 0 heterocycles. The van der Waals surface area contributed by atoms with Gasteiger partial charge in [-0.05, 0) is 6.42 Å². The third-order valence-corrected chi connectivity index (χ3v) is 3.40. The third-order valence-electron chi connectivity index (χ3n) is 1.80. The molecule has 0 aromatic carbocycles. The van der Waals surface area contributed by atoms with Gasteiger partial charge in [-0.15, -0.1) is 0 Å². The quantitative estimate of drug-likeness (QED) is 0.482. The van der Waals surface area contributed by atoms with E-state index < -0.39 is 9.05 Å². The number of unbranched alkanes of at least 4 members (excludes halogenated alkanes) is 3. The van der Waals surface area contributed by atoms with Crippen LogP contribution in [0.2, 0.25) is 0 Å². The van der Waals surface area contributed by atoms with Crippen molar-refractivity contribution in [1.29, 1.82) is 0 Å². The predicted octanol–water partition coefficient (Wildman–Crippen LogP) is 1.30. The molecular formula is C8H20O4Si. The fraction of sp³-hybridized carbons (Fsp3) is 1.00. The van der Waals surface area contributed by atoms with Crippen LogP contribution in [0.5, 0.6) is 0 Å². The Morgan fingerprint density at radius 3 is 2.15 bits per heavy atom. The minimum Gasteiger partial charge on any atom is -0.367 e. The molecule has 0 fully saturated rings. The van der Waals surface area contributed by atoms with E-state index in [4.69, 9.17) is 13.3 Å². The van der Waals surface area contributed by atoms with E-state index in [0.29, 0.717) is 6.61 Å². The van der Waals surface area contributed by atoms with E-state index in [1.165, 1.54) is 27.1 Å². The van der Waals surface area contributed by atoms with E-state index in [2.05, 4.69) is 6.92 Å². The molecule has 5 heteroatoms. The van der Waals surface area contributed by atoms with Crippen molar-refractivity contribution in [2.75, 3.05) is 20.8 Å². The molecule has 80 valence electrons. The van der Waals surface area contributed by atoms with Crippen molar-refractivity contribution in [3.8, 4) is 0 Å². The Morgan fingerprint density at radius 1 is 1.08 bits per heavy atom. The molecule has 0 saturated carbocycles. The van der Waals surface area contributed by atoms with Gasteiger partial charge in [0, 0.05) is 20.8 Å².